The molecule has 0 bridgehead atoms. The van der Waals surface area contributed by atoms with Crippen LogP contribution >= 0.6 is 0 Å². The summed E-state index contributed by atoms with van der Waals surface area (Å²) in [6.07, 6.45) is 51.4. The lowest BCUT2D eigenvalue weighted by Gasteiger charge is -2.48. The molecule has 3 aliphatic heterocycles. The van der Waals surface area contributed by atoms with Crippen LogP contribution in [0.2, 0.25) is 0 Å². The first-order chi connectivity index (χ1) is 47.8. The highest BCUT2D eigenvalue weighted by molar-refractivity contribution is 5.76. The van der Waals surface area contributed by atoms with Gasteiger partial charge in [-0.15, -0.1) is 0 Å². The molecule has 0 aromatic heterocycles. The first-order valence-corrected chi connectivity index (χ1v) is 38.8. The number of nitrogens with one attached hydrogen (secondary N) is 1. The molecule has 0 saturated carbocycles. The Bertz CT molecular complexity index is 2100. The molecule has 0 aromatic rings. The number of amides is 1. The van der Waals surface area contributed by atoms with E-state index >= 15 is 0 Å². The van der Waals surface area contributed by atoms with Crippen LogP contribution in [-0.2, 0) is 33.2 Å². The normalized spacial score (nSPS) is 27.2. The minimum atomic E-state index is -1.99. The summed E-state index contributed by atoms with van der Waals surface area (Å²) in [5.41, 5.74) is 0. The Hall–Kier alpha value is -3.03. The van der Waals surface area contributed by atoms with Gasteiger partial charge in [-0.2, -0.15) is 0 Å². The summed E-state index contributed by atoms with van der Waals surface area (Å²) < 4.78 is 34.4. The predicted octanol–water partition coefficient (Wildman–Crippen LogP) is 12.2. The van der Waals surface area contributed by atoms with Crippen LogP contribution in [0.3, 0.4) is 0 Å². The first kappa shape index (κ1) is 89.2. The molecule has 0 aromatic carbocycles. The standard InChI is InChI=1S/C79H139NO18/c1-3-5-7-9-11-13-15-17-19-21-23-25-27-28-29-30-31-32-33-35-36-38-40-42-44-46-48-50-52-54-56-63(84)62(80-67(85)57-55-53-51-49-47-45-43-41-39-37-34-26-24-22-20-18-16-14-12-10-8-6-4-2)61-93-77-73(91)70(88)75(65(59-82)95-77)98-79-74(92)71(89)76(66(60-83)96-79)97-78-72(90)69(87)68(86)64(58-81)94-78/h6,8,12,14,18,20,24,26,38,40,46,48,54,56,62-66,68-79,81-84,86-92H,3-5,7,9-11,13,15-17,19,21-23,25,27-37,39,41-45,47,49-53,55,57-61H2,1-2H3,(H,80,85)/b8-6-,14-12-,20-18-,26-24-,40-38+,48-46+,56-54+. The van der Waals surface area contributed by atoms with E-state index in [1.54, 1.807) is 6.08 Å². The molecule has 98 heavy (non-hydrogen) atoms. The fourth-order valence-corrected chi connectivity index (χ4v) is 12.7. The van der Waals surface area contributed by atoms with Gasteiger partial charge in [-0.05, 0) is 83.5 Å². The largest absolute Gasteiger partial charge is 0.394 e. The number of allylic oxidation sites excluding steroid dienone is 13. The van der Waals surface area contributed by atoms with E-state index in [0.29, 0.717) is 12.8 Å². The Morgan fingerprint density at radius 2 is 0.714 bits per heavy atom. The van der Waals surface area contributed by atoms with Crippen molar-refractivity contribution in [3.63, 3.8) is 0 Å². The minimum absolute atomic E-state index is 0.222. The number of hydrogen-bond donors (Lipinski definition) is 12. The summed E-state index contributed by atoms with van der Waals surface area (Å²) in [4.78, 5) is 13.4. The van der Waals surface area contributed by atoms with Gasteiger partial charge in [-0.3, -0.25) is 4.79 Å². The quantitative estimate of drug-likeness (QED) is 0.0199. The van der Waals surface area contributed by atoms with Crippen molar-refractivity contribution < 1.29 is 89.4 Å². The van der Waals surface area contributed by atoms with Crippen molar-refractivity contribution in [2.24, 2.45) is 0 Å². The van der Waals surface area contributed by atoms with Crippen LogP contribution in [0.4, 0.5) is 0 Å². The lowest BCUT2D eigenvalue weighted by Crippen LogP contribution is -2.66. The average molecular weight is 1390 g/mol. The molecule has 0 spiro atoms. The summed E-state index contributed by atoms with van der Waals surface area (Å²) in [6.45, 7) is 1.61. The second kappa shape index (κ2) is 59.4. The van der Waals surface area contributed by atoms with Crippen molar-refractivity contribution in [3.8, 4) is 0 Å². The second-order valence-corrected chi connectivity index (χ2v) is 27.4. The van der Waals surface area contributed by atoms with Gasteiger partial charge in [-0.25, -0.2) is 0 Å². The van der Waals surface area contributed by atoms with E-state index in [2.05, 4.69) is 92.1 Å². The third-order valence-corrected chi connectivity index (χ3v) is 18.9. The van der Waals surface area contributed by atoms with Crippen molar-refractivity contribution in [2.45, 2.75) is 381 Å². The van der Waals surface area contributed by atoms with Gasteiger partial charge in [0.25, 0.3) is 0 Å². The number of rotatable bonds is 60. The minimum Gasteiger partial charge on any atom is -0.394 e. The molecule has 0 radical (unpaired) electrons. The molecular weight excluding hydrogens is 1250 g/mol. The molecular formula is C79H139NO18. The molecule has 3 rings (SSSR count). The Kier molecular flexibility index (Phi) is 54.0. The van der Waals surface area contributed by atoms with Crippen LogP contribution in [0.15, 0.2) is 85.1 Å². The number of ether oxygens (including phenoxy) is 6. The molecule has 19 nitrogen and oxygen atoms in total. The van der Waals surface area contributed by atoms with Crippen LogP contribution in [0.5, 0.6) is 0 Å². The number of unbranched alkanes of at least 4 members (excludes halogenated alkanes) is 32. The highest BCUT2D eigenvalue weighted by atomic mass is 16.8. The molecule has 0 aliphatic carbocycles. The van der Waals surface area contributed by atoms with Gasteiger partial charge < -0.3 is 89.9 Å². The van der Waals surface area contributed by atoms with E-state index in [4.69, 9.17) is 28.4 Å². The third kappa shape index (κ3) is 39.6. The summed E-state index contributed by atoms with van der Waals surface area (Å²) in [6, 6.07) is -1.01. The lowest BCUT2D eigenvalue weighted by molar-refractivity contribution is -0.379. The molecule has 17 unspecified atom stereocenters. The van der Waals surface area contributed by atoms with Gasteiger partial charge >= 0.3 is 0 Å². The molecule has 19 heteroatoms. The van der Waals surface area contributed by atoms with E-state index in [-0.39, 0.29) is 18.9 Å². The lowest BCUT2D eigenvalue weighted by atomic mass is 9.96. The van der Waals surface area contributed by atoms with E-state index in [1.807, 2.05) is 6.08 Å². The highest BCUT2D eigenvalue weighted by Crippen LogP contribution is 2.33. The maximum absolute atomic E-state index is 13.4. The Labute approximate surface area is 590 Å². The number of carbonyl (C=O) groups excluding carboxylic acids is 1. The Balaban J connectivity index is 1.41. The molecule has 3 aliphatic rings. The predicted molar refractivity (Wildman–Crippen MR) is 388 cm³/mol. The van der Waals surface area contributed by atoms with Gasteiger partial charge in [-0.1, -0.05) is 272 Å². The van der Waals surface area contributed by atoms with E-state index in [1.165, 1.54) is 161 Å². The molecule has 1 amide bonds. The van der Waals surface area contributed by atoms with Crippen LogP contribution in [0, 0.1) is 0 Å². The summed E-state index contributed by atoms with van der Waals surface area (Å²) in [5.74, 6) is -0.295. The molecule has 3 heterocycles. The summed E-state index contributed by atoms with van der Waals surface area (Å²) in [5, 5.41) is 121. The van der Waals surface area contributed by atoms with Crippen LogP contribution in [0.1, 0.15) is 277 Å². The summed E-state index contributed by atoms with van der Waals surface area (Å²) >= 11 is 0. The van der Waals surface area contributed by atoms with Gasteiger partial charge in [0.15, 0.2) is 18.9 Å². The van der Waals surface area contributed by atoms with Crippen LogP contribution in [-0.4, -0.2) is 193 Å². The van der Waals surface area contributed by atoms with Crippen molar-refractivity contribution in [1.82, 2.24) is 5.32 Å². The fraction of sp³-hybridized carbons (Fsp3) is 0.810. The maximum Gasteiger partial charge on any atom is 0.220 e. The molecule has 12 N–H and O–H groups in total. The number of hydrogen-bond acceptors (Lipinski definition) is 18. The third-order valence-electron chi connectivity index (χ3n) is 18.9. The molecule has 568 valence electrons. The van der Waals surface area contributed by atoms with Crippen molar-refractivity contribution in [2.75, 3.05) is 26.4 Å². The fourth-order valence-electron chi connectivity index (χ4n) is 12.7. The van der Waals surface area contributed by atoms with Gasteiger partial charge in [0.1, 0.15) is 73.2 Å². The zero-order valence-electron chi connectivity index (χ0n) is 60.5. The second-order valence-electron chi connectivity index (χ2n) is 27.4. The molecule has 3 fully saturated rings. The van der Waals surface area contributed by atoms with Gasteiger partial charge in [0.05, 0.1) is 38.6 Å². The number of carbonyl (C=O) groups is 1. The number of aliphatic hydroxyl groups is 11. The van der Waals surface area contributed by atoms with Gasteiger partial charge in [0, 0.05) is 6.42 Å². The SMILES string of the molecule is CC/C=C\C/C=C\C/C=C\C/C=C\CCCCCCCCCCCCC(=O)NC(COC1OC(CO)C(OC2OC(CO)C(OC3OC(CO)C(O)C(O)C3O)C(O)C2O)C(O)C1O)C(O)/C=C/CC/C=C/CC/C=C/CCCCCCCCCCCCCCCCCCCCCC. The van der Waals surface area contributed by atoms with Gasteiger partial charge in [0.2, 0.25) is 5.91 Å². The Morgan fingerprint density at radius 3 is 1.14 bits per heavy atom. The van der Waals surface area contributed by atoms with Crippen molar-refractivity contribution in [1.29, 1.82) is 0 Å². The van der Waals surface area contributed by atoms with Crippen molar-refractivity contribution >= 4 is 5.91 Å². The highest BCUT2D eigenvalue weighted by Gasteiger charge is 2.53. The van der Waals surface area contributed by atoms with E-state index in [9.17, 15) is 61.0 Å². The maximum atomic E-state index is 13.4. The van der Waals surface area contributed by atoms with Crippen LogP contribution in [0.25, 0.3) is 0 Å². The monoisotopic (exact) mass is 1390 g/mol. The number of aliphatic hydroxyl groups excluding tert-OH is 11. The average Bonchev–Trinajstić information content (AvgIpc) is 0.785. The van der Waals surface area contributed by atoms with E-state index < -0.39 is 124 Å². The zero-order valence-corrected chi connectivity index (χ0v) is 60.5. The van der Waals surface area contributed by atoms with E-state index in [0.717, 1.165) is 83.5 Å². The first-order valence-electron chi connectivity index (χ1n) is 38.8. The topological polar surface area (TPSA) is 307 Å². The smallest absolute Gasteiger partial charge is 0.220 e. The zero-order chi connectivity index (χ0) is 71.1. The van der Waals surface area contributed by atoms with Crippen molar-refractivity contribution in [3.05, 3.63) is 85.1 Å². The molecule has 3 saturated heterocycles. The van der Waals surface area contributed by atoms with Crippen LogP contribution < -0.4 is 5.32 Å². The molecule has 17 atom stereocenters. The summed E-state index contributed by atoms with van der Waals surface area (Å²) in [7, 11) is 0. The Morgan fingerprint density at radius 1 is 0.378 bits per heavy atom.